The van der Waals surface area contributed by atoms with E-state index in [4.69, 9.17) is 4.74 Å². The molecule has 0 atom stereocenters. The van der Waals surface area contributed by atoms with Crippen LogP contribution < -0.4 is 4.90 Å². The number of nitrogens with zero attached hydrogens (tertiary/aromatic N) is 3. The molecule has 1 aromatic rings. The van der Waals surface area contributed by atoms with E-state index in [0.717, 1.165) is 6.42 Å². The predicted octanol–water partition coefficient (Wildman–Crippen LogP) is 2.29. The number of fused-ring (bicyclic) bond motifs is 1. The molecule has 0 saturated heterocycles. The zero-order valence-electron chi connectivity index (χ0n) is 12.8. The normalized spacial score (nSPS) is 14.8. The van der Waals surface area contributed by atoms with Crippen LogP contribution in [0, 0.1) is 0 Å². The summed E-state index contributed by atoms with van der Waals surface area (Å²) in [7, 11) is 0. The van der Waals surface area contributed by atoms with Crippen molar-refractivity contribution < 1.29 is 19.4 Å². The molecular weight excluding hydrogens is 274 g/mol. The highest BCUT2D eigenvalue weighted by molar-refractivity contribution is 5.97. The number of aryl methyl sites for hydroxylation is 1. The van der Waals surface area contributed by atoms with Gasteiger partial charge in [-0.25, -0.2) is 14.6 Å². The molecule has 0 aliphatic carbocycles. The van der Waals surface area contributed by atoms with Gasteiger partial charge in [-0.2, -0.15) is 0 Å². The van der Waals surface area contributed by atoms with Gasteiger partial charge in [-0.15, -0.1) is 0 Å². The number of rotatable bonds is 2. The molecule has 21 heavy (non-hydrogen) atoms. The molecule has 0 spiro atoms. The van der Waals surface area contributed by atoms with Gasteiger partial charge in [0.15, 0.2) is 11.5 Å². The average Bonchev–Trinajstić information content (AvgIpc) is 2.75. The van der Waals surface area contributed by atoms with Crippen LogP contribution in [-0.4, -0.2) is 38.9 Å². The third-order valence-corrected chi connectivity index (χ3v) is 3.17. The molecule has 0 aromatic carbocycles. The Morgan fingerprint density at radius 3 is 2.52 bits per heavy atom. The van der Waals surface area contributed by atoms with Crippen LogP contribution in [0.4, 0.5) is 10.6 Å². The van der Waals surface area contributed by atoms with E-state index in [1.54, 1.807) is 25.3 Å². The summed E-state index contributed by atoms with van der Waals surface area (Å²) in [5, 5.41) is 9.33. The summed E-state index contributed by atoms with van der Waals surface area (Å²) in [5.41, 5.74) is -0.714. The van der Waals surface area contributed by atoms with Crippen molar-refractivity contribution in [3.05, 3.63) is 11.5 Å². The molecular formula is C14H21N3O4. The number of ether oxygens (including phenoxy) is 1. The first kappa shape index (κ1) is 15.3. The Bertz CT molecular complexity index is 572. The number of carboxylic acid groups (broad SMARTS) is 1. The summed E-state index contributed by atoms with van der Waals surface area (Å²) in [5.74, 6) is -0.121. The second-order valence-electron chi connectivity index (χ2n) is 6.00. The Morgan fingerprint density at radius 1 is 1.33 bits per heavy atom. The van der Waals surface area contributed by atoms with Crippen LogP contribution in [-0.2, 0) is 17.7 Å². The number of carbonyl (C=O) groups is 2. The van der Waals surface area contributed by atoms with E-state index in [1.807, 2.05) is 6.92 Å². The molecule has 0 saturated carbocycles. The van der Waals surface area contributed by atoms with E-state index in [2.05, 4.69) is 4.98 Å². The molecule has 1 aliphatic heterocycles. The minimum absolute atomic E-state index is 0.0857. The lowest BCUT2D eigenvalue weighted by Crippen LogP contribution is -2.42. The fourth-order valence-corrected chi connectivity index (χ4v) is 2.40. The highest BCUT2D eigenvalue weighted by atomic mass is 16.6. The number of hydrogen-bond acceptors (Lipinski definition) is 4. The van der Waals surface area contributed by atoms with Gasteiger partial charge >= 0.3 is 12.1 Å². The van der Waals surface area contributed by atoms with Gasteiger partial charge in [0.05, 0.1) is 0 Å². The summed E-state index contributed by atoms with van der Waals surface area (Å²) < 4.78 is 7.17. The van der Waals surface area contributed by atoms with E-state index in [9.17, 15) is 14.7 Å². The van der Waals surface area contributed by atoms with Crippen molar-refractivity contribution in [1.29, 1.82) is 0 Å². The van der Waals surface area contributed by atoms with Gasteiger partial charge in [-0.1, -0.05) is 6.92 Å². The molecule has 0 radical (unpaired) electrons. The first-order valence-electron chi connectivity index (χ1n) is 7.07. The first-order chi connectivity index (χ1) is 9.74. The van der Waals surface area contributed by atoms with Crippen molar-refractivity contribution >= 4 is 17.9 Å². The van der Waals surface area contributed by atoms with Gasteiger partial charge in [0.1, 0.15) is 11.4 Å². The molecule has 1 N–H and O–H groups in total. The van der Waals surface area contributed by atoms with Gasteiger partial charge in [-0.3, -0.25) is 4.90 Å². The molecule has 1 amide bonds. The second-order valence-corrected chi connectivity index (χ2v) is 6.00. The SMILES string of the molecule is CCc1nc(C(=O)O)c2n1CCCN2C(=O)OC(C)(C)C. The van der Waals surface area contributed by atoms with Gasteiger partial charge < -0.3 is 14.4 Å². The van der Waals surface area contributed by atoms with Crippen molar-refractivity contribution in [2.24, 2.45) is 0 Å². The zero-order valence-corrected chi connectivity index (χ0v) is 12.8. The molecule has 0 bridgehead atoms. The van der Waals surface area contributed by atoms with Gasteiger partial charge in [-0.05, 0) is 27.2 Å². The number of aromatic nitrogens is 2. The summed E-state index contributed by atoms with van der Waals surface area (Å²) in [6, 6.07) is 0. The lowest BCUT2D eigenvalue weighted by Gasteiger charge is -2.31. The van der Waals surface area contributed by atoms with E-state index in [0.29, 0.717) is 31.2 Å². The number of carbonyl (C=O) groups excluding carboxylic acids is 1. The highest BCUT2D eigenvalue weighted by Crippen LogP contribution is 2.29. The smallest absolute Gasteiger partial charge is 0.416 e. The Hall–Kier alpha value is -2.05. The molecule has 7 heteroatoms. The van der Waals surface area contributed by atoms with E-state index in [-0.39, 0.29) is 5.69 Å². The third-order valence-electron chi connectivity index (χ3n) is 3.17. The maximum absolute atomic E-state index is 12.3. The number of hydrogen-bond donors (Lipinski definition) is 1. The predicted molar refractivity (Wildman–Crippen MR) is 76.8 cm³/mol. The van der Waals surface area contributed by atoms with Crippen LogP contribution in [0.5, 0.6) is 0 Å². The van der Waals surface area contributed by atoms with E-state index >= 15 is 0 Å². The summed E-state index contributed by atoms with van der Waals surface area (Å²) >= 11 is 0. The van der Waals surface area contributed by atoms with Gasteiger partial charge in [0.25, 0.3) is 0 Å². The third kappa shape index (κ3) is 3.01. The summed E-state index contributed by atoms with van der Waals surface area (Å²) in [4.78, 5) is 29.3. The Kier molecular flexibility index (Phi) is 3.93. The van der Waals surface area contributed by atoms with Crippen molar-refractivity contribution in [3.8, 4) is 0 Å². The monoisotopic (exact) mass is 295 g/mol. The number of carboxylic acids is 1. The molecule has 7 nitrogen and oxygen atoms in total. The standard InChI is InChI=1S/C14H21N3O4/c1-5-9-15-10(12(18)19)11-16(9)7-6-8-17(11)13(20)21-14(2,3)4/h5-8H2,1-4H3,(H,18,19). The number of amides is 1. The average molecular weight is 295 g/mol. The first-order valence-corrected chi connectivity index (χ1v) is 7.07. The largest absolute Gasteiger partial charge is 0.476 e. The number of anilines is 1. The fraction of sp³-hybridized carbons (Fsp3) is 0.643. The quantitative estimate of drug-likeness (QED) is 0.904. The van der Waals surface area contributed by atoms with Crippen LogP contribution in [0.15, 0.2) is 0 Å². The number of aromatic carboxylic acids is 1. The van der Waals surface area contributed by atoms with E-state index < -0.39 is 17.7 Å². The van der Waals surface area contributed by atoms with Crippen LogP contribution in [0.25, 0.3) is 0 Å². The summed E-state index contributed by atoms with van der Waals surface area (Å²) in [6.07, 6.45) is 0.824. The van der Waals surface area contributed by atoms with Crippen LogP contribution in [0.3, 0.4) is 0 Å². The maximum Gasteiger partial charge on any atom is 0.416 e. The van der Waals surface area contributed by atoms with Gasteiger partial charge in [0, 0.05) is 19.5 Å². The Labute approximate surface area is 123 Å². The van der Waals surface area contributed by atoms with Crippen molar-refractivity contribution in [3.63, 3.8) is 0 Å². The molecule has 0 unspecified atom stereocenters. The Morgan fingerprint density at radius 2 is 2.00 bits per heavy atom. The summed E-state index contributed by atoms with van der Waals surface area (Å²) in [6.45, 7) is 8.35. The van der Waals surface area contributed by atoms with Crippen molar-refractivity contribution in [2.75, 3.05) is 11.4 Å². The van der Waals surface area contributed by atoms with Crippen molar-refractivity contribution in [1.82, 2.24) is 9.55 Å². The minimum atomic E-state index is -1.13. The topological polar surface area (TPSA) is 84.7 Å². The molecule has 2 heterocycles. The Balaban J connectivity index is 2.44. The zero-order chi connectivity index (χ0) is 15.8. The lowest BCUT2D eigenvalue weighted by atomic mass is 10.2. The number of imidazole rings is 1. The van der Waals surface area contributed by atoms with Crippen molar-refractivity contribution in [2.45, 2.75) is 52.7 Å². The molecule has 116 valence electrons. The van der Waals surface area contributed by atoms with Crippen LogP contribution in [0.1, 0.15) is 50.4 Å². The van der Waals surface area contributed by atoms with Crippen LogP contribution >= 0.6 is 0 Å². The maximum atomic E-state index is 12.3. The van der Waals surface area contributed by atoms with Crippen LogP contribution in [0.2, 0.25) is 0 Å². The fourth-order valence-electron chi connectivity index (χ4n) is 2.40. The van der Waals surface area contributed by atoms with Gasteiger partial charge in [0.2, 0.25) is 0 Å². The molecule has 0 fully saturated rings. The second kappa shape index (κ2) is 5.38. The molecule has 2 rings (SSSR count). The molecule has 1 aliphatic rings. The van der Waals surface area contributed by atoms with E-state index in [1.165, 1.54) is 4.90 Å². The minimum Gasteiger partial charge on any atom is -0.476 e. The lowest BCUT2D eigenvalue weighted by molar-refractivity contribution is 0.0573. The molecule has 1 aromatic heterocycles. The highest BCUT2D eigenvalue weighted by Gasteiger charge is 2.34.